The van der Waals surface area contributed by atoms with Crippen molar-refractivity contribution in [1.29, 1.82) is 0 Å². The lowest BCUT2D eigenvalue weighted by molar-refractivity contribution is -0.131. The molecule has 6 rings (SSSR count). The number of amides is 2. The zero-order chi connectivity index (χ0) is 31.0. The molecule has 2 aliphatic rings. The fourth-order valence-corrected chi connectivity index (χ4v) is 6.06. The van der Waals surface area contributed by atoms with Gasteiger partial charge in [0.1, 0.15) is 0 Å². The van der Waals surface area contributed by atoms with Crippen LogP contribution in [0.15, 0.2) is 91.3 Å². The molecule has 0 unspecified atom stereocenters. The predicted octanol–water partition coefficient (Wildman–Crippen LogP) is 5.74. The molecule has 4 aromatic rings. The SMILES string of the molecule is CC(=O)N1CCCN(Cc2ccccc2)CCN(C(=O)Cc2ccc3c(c2)OCCCO3)Cc2cc(-c3cccnc3)ccc21. The summed E-state index contributed by atoms with van der Waals surface area (Å²) >= 11 is 0. The molecule has 8 nitrogen and oxygen atoms in total. The first-order chi connectivity index (χ1) is 22.0. The zero-order valence-electron chi connectivity index (χ0n) is 25.9. The van der Waals surface area contributed by atoms with Gasteiger partial charge in [-0.2, -0.15) is 0 Å². The van der Waals surface area contributed by atoms with Crippen LogP contribution in [0.2, 0.25) is 0 Å². The standard InChI is InChI=1S/C37H40N4O4/c1-28(42)41-17-6-16-39(26-29-8-3-2-4-9-29)18-19-40(27-33-24-31(12-13-34(33)41)32-10-5-15-38-25-32)37(43)23-30-11-14-35-36(22-30)45-21-7-20-44-35/h2-5,8-15,22,24-25H,6-7,16-21,23,26-27H2,1H3. The van der Waals surface area contributed by atoms with E-state index in [4.69, 9.17) is 9.47 Å². The number of pyridine rings is 1. The van der Waals surface area contributed by atoms with Crippen LogP contribution in [0, 0.1) is 0 Å². The van der Waals surface area contributed by atoms with Crippen molar-refractivity contribution in [3.8, 4) is 22.6 Å². The number of hydrogen-bond acceptors (Lipinski definition) is 6. The molecule has 3 aromatic carbocycles. The molecule has 2 aliphatic heterocycles. The highest BCUT2D eigenvalue weighted by atomic mass is 16.5. The minimum atomic E-state index is -0.00990. The summed E-state index contributed by atoms with van der Waals surface area (Å²) in [6.45, 7) is 6.70. The molecule has 0 atom stereocenters. The molecule has 0 bridgehead atoms. The summed E-state index contributed by atoms with van der Waals surface area (Å²) in [4.78, 5) is 37.7. The van der Waals surface area contributed by atoms with Crippen molar-refractivity contribution in [1.82, 2.24) is 14.8 Å². The molecule has 0 spiro atoms. The van der Waals surface area contributed by atoms with Crippen LogP contribution in [0.1, 0.15) is 36.5 Å². The van der Waals surface area contributed by atoms with Gasteiger partial charge in [-0.25, -0.2) is 0 Å². The molecule has 45 heavy (non-hydrogen) atoms. The highest BCUT2D eigenvalue weighted by Gasteiger charge is 2.24. The number of anilines is 1. The van der Waals surface area contributed by atoms with Crippen molar-refractivity contribution in [2.75, 3.05) is 44.3 Å². The predicted molar refractivity (Wildman–Crippen MR) is 175 cm³/mol. The average molecular weight is 605 g/mol. The molecule has 0 fully saturated rings. The fourth-order valence-electron chi connectivity index (χ4n) is 6.06. The van der Waals surface area contributed by atoms with Crippen LogP contribution in [0.5, 0.6) is 11.5 Å². The third-order valence-corrected chi connectivity index (χ3v) is 8.42. The topological polar surface area (TPSA) is 75.2 Å². The molecule has 0 aliphatic carbocycles. The number of nitrogens with zero attached hydrogens (tertiary/aromatic N) is 4. The van der Waals surface area contributed by atoms with E-state index in [1.54, 1.807) is 13.1 Å². The number of carbonyl (C=O) groups excluding carboxylic acids is 2. The van der Waals surface area contributed by atoms with Gasteiger partial charge in [0.2, 0.25) is 11.8 Å². The lowest BCUT2D eigenvalue weighted by Gasteiger charge is -2.28. The lowest BCUT2D eigenvalue weighted by Crippen LogP contribution is -2.39. The smallest absolute Gasteiger partial charge is 0.227 e. The summed E-state index contributed by atoms with van der Waals surface area (Å²) in [7, 11) is 0. The van der Waals surface area contributed by atoms with Crippen LogP contribution in [0.4, 0.5) is 5.69 Å². The van der Waals surface area contributed by atoms with Gasteiger partial charge in [0.15, 0.2) is 11.5 Å². The second-order valence-electron chi connectivity index (χ2n) is 11.7. The largest absolute Gasteiger partial charge is 0.490 e. The van der Waals surface area contributed by atoms with Gasteiger partial charge >= 0.3 is 0 Å². The quantitative estimate of drug-likeness (QED) is 0.289. The average Bonchev–Trinajstić information content (AvgIpc) is 3.32. The van der Waals surface area contributed by atoms with Gasteiger partial charge in [0, 0.05) is 70.7 Å². The number of aromatic nitrogens is 1. The summed E-state index contributed by atoms with van der Waals surface area (Å²) in [6.07, 6.45) is 5.48. The second-order valence-corrected chi connectivity index (χ2v) is 11.7. The van der Waals surface area contributed by atoms with E-state index in [9.17, 15) is 9.59 Å². The first kappa shape index (κ1) is 30.3. The first-order valence-corrected chi connectivity index (χ1v) is 15.8. The van der Waals surface area contributed by atoms with Crippen molar-refractivity contribution < 1.29 is 19.1 Å². The van der Waals surface area contributed by atoms with Crippen molar-refractivity contribution in [2.24, 2.45) is 0 Å². The van der Waals surface area contributed by atoms with Crippen LogP contribution >= 0.6 is 0 Å². The van der Waals surface area contributed by atoms with Gasteiger partial charge in [-0.1, -0.05) is 48.5 Å². The van der Waals surface area contributed by atoms with Gasteiger partial charge in [-0.3, -0.25) is 19.5 Å². The highest BCUT2D eigenvalue weighted by molar-refractivity contribution is 5.93. The molecule has 0 saturated heterocycles. The van der Waals surface area contributed by atoms with E-state index in [1.807, 2.05) is 64.5 Å². The van der Waals surface area contributed by atoms with Gasteiger partial charge in [-0.15, -0.1) is 0 Å². The molecule has 0 N–H and O–H groups in total. The number of ether oxygens (including phenoxy) is 2. The lowest BCUT2D eigenvalue weighted by atomic mass is 10.0. The molecule has 1 aromatic heterocycles. The summed E-state index contributed by atoms with van der Waals surface area (Å²) in [5, 5.41) is 0. The number of rotatable bonds is 5. The van der Waals surface area contributed by atoms with Gasteiger partial charge in [0.25, 0.3) is 0 Å². The monoisotopic (exact) mass is 604 g/mol. The van der Waals surface area contributed by atoms with Gasteiger partial charge in [-0.05, 0) is 64.6 Å². The summed E-state index contributed by atoms with van der Waals surface area (Å²) in [5.74, 6) is 1.42. The Kier molecular flexibility index (Phi) is 9.71. The summed E-state index contributed by atoms with van der Waals surface area (Å²) < 4.78 is 11.7. The Morgan fingerprint density at radius 2 is 1.62 bits per heavy atom. The van der Waals surface area contributed by atoms with Crippen LogP contribution in [0.3, 0.4) is 0 Å². The molecular weight excluding hydrogens is 564 g/mol. The Morgan fingerprint density at radius 1 is 0.778 bits per heavy atom. The van der Waals surface area contributed by atoms with E-state index < -0.39 is 0 Å². The number of hydrogen-bond donors (Lipinski definition) is 0. The van der Waals surface area contributed by atoms with Gasteiger partial charge < -0.3 is 19.3 Å². The number of carbonyl (C=O) groups is 2. The van der Waals surface area contributed by atoms with E-state index in [-0.39, 0.29) is 18.2 Å². The van der Waals surface area contributed by atoms with Crippen molar-refractivity contribution in [3.05, 3.63) is 108 Å². The number of benzene rings is 3. The van der Waals surface area contributed by atoms with Crippen molar-refractivity contribution in [2.45, 2.75) is 39.3 Å². The number of fused-ring (bicyclic) bond motifs is 2. The minimum Gasteiger partial charge on any atom is -0.490 e. The van der Waals surface area contributed by atoms with Crippen LogP contribution < -0.4 is 14.4 Å². The first-order valence-electron chi connectivity index (χ1n) is 15.8. The molecule has 3 heterocycles. The van der Waals surface area contributed by atoms with Crippen LogP contribution in [0.25, 0.3) is 11.1 Å². The summed E-state index contributed by atoms with van der Waals surface area (Å²) in [6, 6.07) is 26.3. The highest BCUT2D eigenvalue weighted by Crippen LogP contribution is 2.32. The zero-order valence-corrected chi connectivity index (χ0v) is 25.9. The third kappa shape index (κ3) is 7.70. The van der Waals surface area contributed by atoms with Crippen LogP contribution in [-0.4, -0.2) is 66.0 Å². The maximum absolute atomic E-state index is 14.1. The Morgan fingerprint density at radius 3 is 2.42 bits per heavy atom. The van der Waals surface area contributed by atoms with E-state index in [2.05, 4.69) is 40.2 Å². The third-order valence-electron chi connectivity index (χ3n) is 8.42. The fraction of sp³-hybridized carbons (Fsp3) is 0.324. The van der Waals surface area contributed by atoms with Crippen molar-refractivity contribution >= 4 is 17.5 Å². The van der Waals surface area contributed by atoms with E-state index in [1.165, 1.54) is 5.56 Å². The molecule has 0 radical (unpaired) electrons. The molecular formula is C37H40N4O4. The van der Waals surface area contributed by atoms with E-state index in [0.29, 0.717) is 38.6 Å². The Hall–Kier alpha value is -4.69. The maximum Gasteiger partial charge on any atom is 0.227 e. The molecule has 2 amide bonds. The van der Waals surface area contributed by atoms with Crippen LogP contribution in [-0.2, 0) is 29.1 Å². The maximum atomic E-state index is 14.1. The molecule has 8 heteroatoms. The van der Waals surface area contributed by atoms with Crippen molar-refractivity contribution in [3.63, 3.8) is 0 Å². The Balaban J connectivity index is 1.33. The van der Waals surface area contributed by atoms with E-state index >= 15 is 0 Å². The summed E-state index contributed by atoms with van der Waals surface area (Å²) in [5.41, 5.74) is 5.89. The van der Waals surface area contributed by atoms with E-state index in [0.717, 1.165) is 66.2 Å². The molecule has 0 saturated carbocycles. The minimum absolute atomic E-state index is 0.00990. The normalized spacial score (nSPS) is 15.8. The molecule has 232 valence electrons. The Bertz CT molecular complexity index is 1610. The second kappa shape index (κ2) is 14.4. The van der Waals surface area contributed by atoms with Gasteiger partial charge in [0.05, 0.1) is 19.6 Å². The Labute approximate surface area is 265 Å².